The molecular weight excluding hydrogens is 235 g/mol. The Morgan fingerprint density at radius 2 is 2.20 bits per heavy atom. The molecule has 0 radical (unpaired) electrons. The fourth-order valence-electron chi connectivity index (χ4n) is 0.694. The predicted octanol–water partition coefficient (Wildman–Crippen LogP) is 1.92. The van der Waals surface area contributed by atoms with Crippen LogP contribution in [0, 0.1) is 0 Å². The first-order valence-electron chi connectivity index (χ1n) is 3.65. The number of oxime groups is 1. The van der Waals surface area contributed by atoms with Crippen molar-refractivity contribution in [2.24, 2.45) is 5.16 Å². The number of nitrogens with zero attached hydrogens (tertiary/aromatic N) is 3. The topological polar surface area (TPSA) is 71.5 Å². The number of rotatable bonds is 3. The van der Waals surface area contributed by atoms with Crippen LogP contribution >= 0.6 is 11.8 Å². The Morgan fingerprint density at radius 3 is 2.73 bits per heavy atom. The summed E-state index contributed by atoms with van der Waals surface area (Å²) in [7, 11) is 0. The maximum absolute atomic E-state index is 11.9. The summed E-state index contributed by atoms with van der Waals surface area (Å²) in [6.07, 6.45) is -4.30. The highest BCUT2D eigenvalue weighted by molar-refractivity contribution is 7.99. The van der Waals surface area contributed by atoms with Crippen LogP contribution in [-0.2, 0) is 0 Å². The summed E-state index contributed by atoms with van der Waals surface area (Å²) in [5.74, 6) is -1.10. The molecule has 0 bridgehead atoms. The summed E-state index contributed by atoms with van der Waals surface area (Å²) < 4.78 is 39.9. The maximum atomic E-state index is 11.9. The molecule has 1 aromatic heterocycles. The molecule has 0 unspecified atom stereocenters. The Labute approximate surface area is 86.3 Å². The van der Waals surface area contributed by atoms with Crippen LogP contribution in [0.1, 0.15) is 12.6 Å². The van der Waals surface area contributed by atoms with Crippen LogP contribution in [0.3, 0.4) is 0 Å². The fourth-order valence-corrected chi connectivity index (χ4v) is 1.40. The lowest BCUT2D eigenvalue weighted by Gasteiger charge is -2.03. The Kier molecular flexibility index (Phi) is 3.56. The van der Waals surface area contributed by atoms with Gasteiger partial charge in [0.15, 0.2) is 10.7 Å². The molecule has 0 saturated carbocycles. The normalized spacial score (nSPS) is 13.2. The van der Waals surface area contributed by atoms with Crippen molar-refractivity contribution in [2.45, 2.75) is 18.1 Å². The zero-order chi connectivity index (χ0) is 11.5. The van der Waals surface area contributed by atoms with E-state index in [1.807, 2.05) is 0 Å². The number of alkyl halides is 3. The molecule has 0 aliphatic rings. The number of hydrogen-bond acceptors (Lipinski definition) is 6. The number of halogens is 3. The van der Waals surface area contributed by atoms with Gasteiger partial charge in [-0.05, 0) is 17.2 Å². The van der Waals surface area contributed by atoms with E-state index in [-0.39, 0.29) is 16.4 Å². The smallest absolute Gasteiger partial charge is 0.398 e. The molecule has 84 valence electrons. The van der Waals surface area contributed by atoms with E-state index < -0.39 is 11.9 Å². The standard InChI is InChI=1S/C6H6F3N3O2S/c1-3(10-13)4-5(12-14-11-4)15-2-6(7,8)9/h13H,2H2,1H3/b10-3+. The molecule has 0 spiro atoms. The van der Waals surface area contributed by atoms with Gasteiger partial charge in [0.25, 0.3) is 0 Å². The molecule has 5 nitrogen and oxygen atoms in total. The van der Waals surface area contributed by atoms with Crippen LogP contribution in [0.25, 0.3) is 0 Å². The molecule has 1 rings (SSSR count). The van der Waals surface area contributed by atoms with Gasteiger partial charge in [-0.25, -0.2) is 4.63 Å². The average Bonchev–Trinajstić information content (AvgIpc) is 2.60. The van der Waals surface area contributed by atoms with Gasteiger partial charge in [-0.15, -0.1) is 0 Å². The van der Waals surface area contributed by atoms with Gasteiger partial charge in [-0.1, -0.05) is 16.9 Å². The van der Waals surface area contributed by atoms with Crippen molar-refractivity contribution >= 4 is 17.5 Å². The van der Waals surface area contributed by atoms with Crippen molar-refractivity contribution < 1.29 is 23.0 Å². The van der Waals surface area contributed by atoms with Crippen LogP contribution < -0.4 is 0 Å². The third-order valence-corrected chi connectivity index (χ3v) is 2.34. The highest BCUT2D eigenvalue weighted by atomic mass is 32.2. The zero-order valence-electron chi connectivity index (χ0n) is 7.45. The fraction of sp³-hybridized carbons (Fsp3) is 0.500. The minimum absolute atomic E-state index is 0.00625. The minimum Gasteiger partial charge on any atom is -0.411 e. The molecule has 0 atom stereocenters. The summed E-state index contributed by atoms with van der Waals surface area (Å²) in [5.41, 5.74) is 0.0488. The number of hydrogen-bond donors (Lipinski definition) is 1. The molecule has 0 saturated heterocycles. The predicted molar refractivity (Wildman–Crippen MR) is 45.1 cm³/mol. The molecule has 9 heteroatoms. The van der Waals surface area contributed by atoms with Crippen LogP contribution in [0.2, 0.25) is 0 Å². The Morgan fingerprint density at radius 1 is 1.53 bits per heavy atom. The molecule has 0 aliphatic heterocycles. The SMILES string of the molecule is C/C(=N\O)c1nonc1SCC(F)(F)F. The second kappa shape index (κ2) is 4.51. The van der Waals surface area contributed by atoms with Gasteiger partial charge >= 0.3 is 6.18 Å². The lowest BCUT2D eigenvalue weighted by atomic mass is 10.3. The molecular formula is C6H6F3N3O2S. The second-order valence-corrected chi connectivity index (χ2v) is 3.47. The Hall–Kier alpha value is -1.25. The molecule has 0 fully saturated rings. The highest BCUT2D eigenvalue weighted by Gasteiger charge is 2.29. The summed E-state index contributed by atoms with van der Waals surface area (Å²) in [5, 5.41) is 17.7. The molecule has 0 amide bonds. The van der Waals surface area contributed by atoms with E-state index >= 15 is 0 Å². The Bertz CT molecular complexity index is 363. The summed E-state index contributed by atoms with van der Waals surface area (Å²) >= 11 is 0.420. The molecule has 1 heterocycles. The van der Waals surface area contributed by atoms with Gasteiger partial charge in [-0.2, -0.15) is 13.2 Å². The molecule has 1 N–H and O–H groups in total. The van der Waals surface area contributed by atoms with Crippen LogP contribution in [0.5, 0.6) is 0 Å². The van der Waals surface area contributed by atoms with Gasteiger partial charge in [-0.3, -0.25) is 0 Å². The first-order valence-corrected chi connectivity index (χ1v) is 4.63. The average molecular weight is 241 g/mol. The number of aromatic nitrogens is 2. The first-order chi connectivity index (χ1) is 6.94. The van der Waals surface area contributed by atoms with Crippen molar-refractivity contribution in [3.05, 3.63) is 5.69 Å². The van der Waals surface area contributed by atoms with Crippen molar-refractivity contribution in [2.75, 3.05) is 5.75 Å². The third-order valence-electron chi connectivity index (χ3n) is 1.32. The number of thioether (sulfide) groups is 1. The van der Waals surface area contributed by atoms with Crippen molar-refractivity contribution in [3.8, 4) is 0 Å². The van der Waals surface area contributed by atoms with E-state index in [1.165, 1.54) is 6.92 Å². The van der Waals surface area contributed by atoms with Crippen LogP contribution in [-0.4, -0.2) is 33.2 Å². The third kappa shape index (κ3) is 3.42. The van der Waals surface area contributed by atoms with E-state index in [2.05, 4.69) is 20.1 Å². The van der Waals surface area contributed by atoms with E-state index in [9.17, 15) is 13.2 Å². The van der Waals surface area contributed by atoms with Crippen LogP contribution in [0.4, 0.5) is 13.2 Å². The van der Waals surface area contributed by atoms with E-state index in [4.69, 9.17) is 5.21 Å². The Balaban J connectivity index is 2.74. The first kappa shape index (κ1) is 11.8. The second-order valence-electron chi connectivity index (χ2n) is 2.51. The van der Waals surface area contributed by atoms with Crippen molar-refractivity contribution in [1.82, 2.24) is 10.3 Å². The lowest BCUT2D eigenvalue weighted by Crippen LogP contribution is -2.11. The van der Waals surface area contributed by atoms with E-state index in [1.54, 1.807) is 0 Å². The van der Waals surface area contributed by atoms with Gasteiger partial charge in [0.1, 0.15) is 5.71 Å². The van der Waals surface area contributed by atoms with Crippen LogP contribution in [0.15, 0.2) is 14.8 Å². The molecule has 15 heavy (non-hydrogen) atoms. The largest absolute Gasteiger partial charge is 0.411 e. The highest BCUT2D eigenvalue weighted by Crippen LogP contribution is 2.27. The monoisotopic (exact) mass is 241 g/mol. The van der Waals surface area contributed by atoms with E-state index in [0.29, 0.717) is 11.8 Å². The van der Waals surface area contributed by atoms with Gasteiger partial charge < -0.3 is 5.21 Å². The van der Waals surface area contributed by atoms with Gasteiger partial charge in [0.05, 0.1) is 5.75 Å². The van der Waals surface area contributed by atoms with Gasteiger partial charge in [0.2, 0.25) is 0 Å². The van der Waals surface area contributed by atoms with E-state index in [0.717, 1.165) is 0 Å². The maximum Gasteiger partial charge on any atom is 0.398 e. The lowest BCUT2D eigenvalue weighted by molar-refractivity contribution is -0.105. The molecule has 0 aliphatic carbocycles. The summed E-state index contributed by atoms with van der Waals surface area (Å²) in [4.78, 5) is 0. The zero-order valence-corrected chi connectivity index (χ0v) is 8.26. The quantitative estimate of drug-likeness (QED) is 0.379. The molecule has 0 aromatic carbocycles. The minimum atomic E-state index is -4.30. The summed E-state index contributed by atoms with van der Waals surface area (Å²) in [6, 6.07) is 0. The molecule has 1 aromatic rings. The van der Waals surface area contributed by atoms with Gasteiger partial charge in [0, 0.05) is 0 Å². The van der Waals surface area contributed by atoms with Crippen molar-refractivity contribution in [3.63, 3.8) is 0 Å². The summed E-state index contributed by atoms with van der Waals surface area (Å²) in [6.45, 7) is 1.37. The van der Waals surface area contributed by atoms with Crippen molar-refractivity contribution in [1.29, 1.82) is 0 Å².